The van der Waals surface area contributed by atoms with Gasteiger partial charge in [-0.25, -0.2) is 0 Å². The van der Waals surface area contributed by atoms with E-state index in [9.17, 15) is 19.2 Å². The molecule has 1 N–H and O–H groups in total. The number of amides is 3. The van der Waals surface area contributed by atoms with E-state index in [0.717, 1.165) is 24.2 Å². The normalized spacial score (nSPS) is 28.4. The molecule has 3 amide bonds. The van der Waals surface area contributed by atoms with E-state index in [2.05, 4.69) is 5.32 Å². The maximum Gasteiger partial charge on any atom is 0.326 e. The van der Waals surface area contributed by atoms with E-state index < -0.39 is 25.0 Å². The SMILES string of the molecule is O=C(COC(=O)CN1C(=O)[C@H]2[C@H]3CC[C@@H](C3)[C@@H]2C1=O)Nc1ccc(Cl)cc1. The maximum atomic E-state index is 12.5. The van der Waals surface area contributed by atoms with Crippen molar-refractivity contribution in [2.45, 2.75) is 19.3 Å². The monoisotopic (exact) mass is 390 g/mol. The Labute approximate surface area is 161 Å². The van der Waals surface area contributed by atoms with Crippen LogP contribution in [0.25, 0.3) is 0 Å². The first kappa shape index (κ1) is 18.0. The van der Waals surface area contributed by atoms with Crippen LogP contribution in [0.4, 0.5) is 5.69 Å². The molecule has 1 aromatic rings. The molecule has 3 aliphatic rings. The molecule has 8 heteroatoms. The van der Waals surface area contributed by atoms with Gasteiger partial charge in [-0.1, -0.05) is 11.6 Å². The fourth-order valence-electron chi connectivity index (χ4n) is 4.68. The maximum absolute atomic E-state index is 12.5. The van der Waals surface area contributed by atoms with Crippen molar-refractivity contribution in [2.24, 2.45) is 23.7 Å². The molecule has 3 fully saturated rings. The zero-order valence-electron chi connectivity index (χ0n) is 14.5. The second-order valence-corrected chi connectivity index (χ2v) is 7.80. The summed E-state index contributed by atoms with van der Waals surface area (Å²) in [4.78, 5) is 50.0. The number of carbonyl (C=O) groups is 4. The van der Waals surface area contributed by atoms with Crippen LogP contribution in [0.1, 0.15) is 19.3 Å². The zero-order valence-corrected chi connectivity index (χ0v) is 15.3. The van der Waals surface area contributed by atoms with Crippen LogP contribution in [-0.2, 0) is 23.9 Å². The van der Waals surface area contributed by atoms with Crippen LogP contribution in [0, 0.1) is 23.7 Å². The highest BCUT2D eigenvalue weighted by Gasteiger charge is 2.61. The van der Waals surface area contributed by atoms with Crippen LogP contribution < -0.4 is 5.32 Å². The van der Waals surface area contributed by atoms with Crippen molar-refractivity contribution >= 4 is 41.0 Å². The summed E-state index contributed by atoms with van der Waals surface area (Å²) >= 11 is 5.77. The first-order chi connectivity index (χ1) is 12.9. The number of likely N-dealkylation sites (tertiary alicyclic amines) is 1. The molecule has 0 spiro atoms. The van der Waals surface area contributed by atoms with Gasteiger partial charge in [-0.3, -0.25) is 24.1 Å². The van der Waals surface area contributed by atoms with Crippen LogP contribution in [0.3, 0.4) is 0 Å². The Bertz CT molecular complexity index is 781. The lowest BCUT2D eigenvalue weighted by atomic mass is 9.81. The molecular weight excluding hydrogens is 372 g/mol. The lowest BCUT2D eigenvalue weighted by Gasteiger charge is -2.19. The topological polar surface area (TPSA) is 92.8 Å². The minimum atomic E-state index is -0.768. The van der Waals surface area contributed by atoms with E-state index >= 15 is 0 Å². The first-order valence-corrected chi connectivity index (χ1v) is 9.38. The second kappa shape index (κ2) is 6.96. The summed E-state index contributed by atoms with van der Waals surface area (Å²) in [5.74, 6) is -1.81. The third kappa shape index (κ3) is 3.32. The number of halogens is 1. The third-order valence-corrected chi connectivity index (χ3v) is 6.05. The molecule has 0 radical (unpaired) electrons. The van der Waals surface area contributed by atoms with Crippen LogP contribution >= 0.6 is 11.6 Å². The summed E-state index contributed by atoms with van der Waals surface area (Å²) in [7, 11) is 0. The Morgan fingerprint density at radius 2 is 1.67 bits per heavy atom. The van der Waals surface area contributed by atoms with E-state index in [0.29, 0.717) is 10.7 Å². The number of ether oxygens (including phenoxy) is 1. The quantitative estimate of drug-likeness (QED) is 0.611. The minimum Gasteiger partial charge on any atom is -0.454 e. The molecule has 0 unspecified atom stereocenters. The Morgan fingerprint density at radius 3 is 2.26 bits per heavy atom. The number of hydrogen-bond acceptors (Lipinski definition) is 5. The van der Waals surface area contributed by atoms with Crippen molar-refractivity contribution in [3.8, 4) is 0 Å². The average molecular weight is 391 g/mol. The van der Waals surface area contributed by atoms with E-state index in [-0.39, 0.29) is 35.5 Å². The molecular formula is C19H19ClN2O5. The molecule has 142 valence electrons. The van der Waals surface area contributed by atoms with Gasteiger partial charge in [-0.2, -0.15) is 0 Å². The molecule has 0 aromatic heterocycles. The fourth-order valence-corrected chi connectivity index (χ4v) is 4.80. The van der Waals surface area contributed by atoms with E-state index in [4.69, 9.17) is 16.3 Å². The Kier molecular flexibility index (Phi) is 4.63. The predicted octanol–water partition coefficient (Wildman–Crippen LogP) is 1.85. The number of carbonyl (C=O) groups excluding carboxylic acids is 4. The second-order valence-electron chi connectivity index (χ2n) is 7.36. The summed E-state index contributed by atoms with van der Waals surface area (Å²) in [5.41, 5.74) is 0.522. The molecule has 2 bridgehead atoms. The number of benzene rings is 1. The Hall–Kier alpha value is -2.41. The van der Waals surface area contributed by atoms with Crippen LogP contribution in [-0.4, -0.2) is 41.7 Å². The number of fused-ring (bicyclic) bond motifs is 5. The number of nitrogens with one attached hydrogen (secondary N) is 1. The Morgan fingerprint density at radius 1 is 1.07 bits per heavy atom. The molecule has 1 saturated heterocycles. The summed E-state index contributed by atoms with van der Waals surface area (Å²) in [6.07, 6.45) is 2.90. The van der Waals surface area contributed by atoms with Crippen molar-refractivity contribution in [2.75, 3.05) is 18.5 Å². The molecule has 7 nitrogen and oxygen atoms in total. The number of imide groups is 1. The molecule has 1 aromatic carbocycles. The van der Waals surface area contributed by atoms with Crippen molar-refractivity contribution in [1.82, 2.24) is 4.90 Å². The Balaban J connectivity index is 1.28. The molecule has 4 rings (SSSR count). The van der Waals surface area contributed by atoms with Gasteiger partial charge in [0, 0.05) is 10.7 Å². The van der Waals surface area contributed by atoms with Crippen molar-refractivity contribution < 1.29 is 23.9 Å². The van der Waals surface area contributed by atoms with Crippen molar-refractivity contribution in [3.05, 3.63) is 29.3 Å². The minimum absolute atomic E-state index is 0.264. The highest BCUT2D eigenvalue weighted by atomic mass is 35.5. The third-order valence-electron chi connectivity index (χ3n) is 5.80. The summed E-state index contributed by atoms with van der Waals surface area (Å²) in [6.45, 7) is -0.923. The van der Waals surface area contributed by atoms with Crippen molar-refractivity contribution in [1.29, 1.82) is 0 Å². The highest BCUT2D eigenvalue weighted by Crippen LogP contribution is 2.56. The molecule has 1 heterocycles. The van der Waals surface area contributed by atoms with Gasteiger partial charge in [0.25, 0.3) is 5.91 Å². The van der Waals surface area contributed by atoms with Gasteiger partial charge in [0.2, 0.25) is 11.8 Å². The van der Waals surface area contributed by atoms with Gasteiger partial charge in [0.1, 0.15) is 6.54 Å². The van der Waals surface area contributed by atoms with Crippen LogP contribution in [0.5, 0.6) is 0 Å². The molecule has 27 heavy (non-hydrogen) atoms. The summed E-state index contributed by atoms with van der Waals surface area (Å²) in [5, 5.41) is 3.11. The van der Waals surface area contributed by atoms with E-state index in [1.165, 1.54) is 0 Å². The molecule has 2 saturated carbocycles. The van der Waals surface area contributed by atoms with E-state index in [1.807, 2.05) is 0 Å². The number of nitrogens with zero attached hydrogens (tertiary/aromatic N) is 1. The smallest absolute Gasteiger partial charge is 0.326 e. The van der Waals surface area contributed by atoms with Gasteiger partial charge in [-0.15, -0.1) is 0 Å². The lowest BCUT2D eigenvalue weighted by Crippen LogP contribution is -2.38. The largest absolute Gasteiger partial charge is 0.454 e. The first-order valence-electron chi connectivity index (χ1n) is 9.00. The van der Waals surface area contributed by atoms with Crippen LogP contribution in [0.2, 0.25) is 5.02 Å². The standard InChI is InChI=1S/C19H19ClN2O5/c20-12-3-5-13(6-4-12)21-14(23)9-27-15(24)8-22-18(25)16-10-1-2-11(7-10)17(16)19(22)26/h3-6,10-11,16-17H,1-2,7-9H2,(H,21,23)/t10-,11-,16-,17-/m0/s1. The number of hydrogen-bond donors (Lipinski definition) is 1. The average Bonchev–Trinajstić information content (AvgIpc) is 3.32. The zero-order chi connectivity index (χ0) is 19.1. The van der Waals surface area contributed by atoms with Gasteiger partial charge in [-0.05, 0) is 55.4 Å². The van der Waals surface area contributed by atoms with Gasteiger partial charge in [0.05, 0.1) is 11.8 Å². The highest BCUT2D eigenvalue weighted by molar-refractivity contribution is 6.30. The summed E-state index contributed by atoms with van der Waals surface area (Å²) in [6, 6.07) is 6.49. The van der Waals surface area contributed by atoms with E-state index in [1.54, 1.807) is 24.3 Å². The van der Waals surface area contributed by atoms with Gasteiger partial charge < -0.3 is 10.1 Å². The van der Waals surface area contributed by atoms with Crippen molar-refractivity contribution in [3.63, 3.8) is 0 Å². The molecule has 2 aliphatic carbocycles. The van der Waals surface area contributed by atoms with Crippen LogP contribution in [0.15, 0.2) is 24.3 Å². The fraction of sp³-hybridized carbons (Fsp3) is 0.474. The number of esters is 1. The number of anilines is 1. The lowest BCUT2D eigenvalue weighted by molar-refractivity contribution is -0.154. The summed E-state index contributed by atoms with van der Waals surface area (Å²) < 4.78 is 4.93. The van der Waals surface area contributed by atoms with Gasteiger partial charge >= 0.3 is 5.97 Å². The van der Waals surface area contributed by atoms with Gasteiger partial charge in [0.15, 0.2) is 6.61 Å². The number of rotatable bonds is 5. The predicted molar refractivity (Wildman–Crippen MR) is 95.6 cm³/mol. The molecule has 1 aliphatic heterocycles. The molecule has 4 atom stereocenters.